The van der Waals surface area contributed by atoms with Crippen molar-refractivity contribution in [2.24, 2.45) is 0 Å². The number of carboxylic acid groups (broad SMARTS) is 1. The monoisotopic (exact) mass is 354 g/mol. The summed E-state index contributed by atoms with van der Waals surface area (Å²) in [4.78, 5) is 10.4. The van der Waals surface area contributed by atoms with Crippen LogP contribution >= 0.6 is 0 Å². The van der Waals surface area contributed by atoms with Gasteiger partial charge < -0.3 is 10.2 Å². The van der Waals surface area contributed by atoms with Crippen molar-refractivity contribution in [1.82, 2.24) is 0 Å². The zero-order chi connectivity index (χ0) is 18.6. The molecule has 0 radical (unpaired) electrons. The third-order valence-corrected chi connectivity index (χ3v) is 4.79. The van der Waals surface area contributed by atoms with E-state index in [9.17, 15) is 4.79 Å². The molecule has 2 N–H and O–H groups in total. The van der Waals surface area contributed by atoms with Gasteiger partial charge in [0, 0.05) is 6.42 Å². The van der Waals surface area contributed by atoms with Crippen LogP contribution in [0.3, 0.4) is 0 Å². The Kier molecular flexibility index (Phi) is 18.8. The molecule has 0 aliphatic rings. The van der Waals surface area contributed by atoms with Crippen LogP contribution in [-0.4, -0.2) is 22.3 Å². The van der Waals surface area contributed by atoms with Crippen molar-refractivity contribution in [3.05, 3.63) is 12.2 Å². The van der Waals surface area contributed by atoms with Crippen LogP contribution in [0.5, 0.6) is 0 Å². The number of hydrogen-bond donors (Lipinski definition) is 2. The minimum atomic E-state index is -1.25. The lowest BCUT2D eigenvalue weighted by Crippen LogP contribution is -2.17. The Morgan fingerprint density at radius 3 is 1.52 bits per heavy atom. The van der Waals surface area contributed by atoms with Gasteiger partial charge in [0.05, 0.1) is 0 Å². The quantitative estimate of drug-likeness (QED) is 0.202. The third-order valence-electron chi connectivity index (χ3n) is 4.79. The number of carbonyl (C=O) groups is 1. The molecule has 0 fully saturated rings. The number of hydrogen-bond acceptors (Lipinski definition) is 2. The second-order valence-electron chi connectivity index (χ2n) is 7.30. The van der Waals surface area contributed by atoms with Crippen LogP contribution in [0.2, 0.25) is 0 Å². The molecule has 1 atom stereocenters. The normalized spacial score (nSPS) is 12.7. The fourth-order valence-corrected chi connectivity index (χ4v) is 3.08. The van der Waals surface area contributed by atoms with E-state index in [0.29, 0.717) is 0 Å². The molecule has 0 aromatic carbocycles. The molecule has 3 heteroatoms. The summed E-state index contributed by atoms with van der Waals surface area (Å²) in [5.74, 6) is -1.14. The Hall–Kier alpha value is -0.830. The fourth-order valence-electron chi connectivity index (χ4n) is 3.08. The first-order valence-corrected chi connectivity index (χ1v) is 10.7. The molecular formula is C22H42O3. The van der Waals surface area contributed by atoms with Gasteiger partial charge in [0.25, 0.3) is 0 Å². The molecule has 0 saturated carbocycles. The molecule has 0 rings (SSSR count). The lowest BCUT2D eigenvalue weighted by Gasteiger charge is -2.03. The Morgan fingerprint density at radius 2 is 1.12 bits per heavy atom. The van der Waals surface area contributed by atoms with E-state index in [-0.39, 0.29) is 6.42 Å². The smallest absolute Gasteiger partial charge is 0.332 e. The van der Waals surface area contributed by atoms with Gasteiger partial charge in [-0.2, -0.15) is 0 Å². The van der Waals surface area contributed by atoms with E-state index in [2.05, 4.69) is 6.92 Å². The predicted molar refractivity (Wildman–Crippen MR) is 107 cm³/mol. The number of aliphatic carboxylic acids is 1. The van der Waals surface area contributed by atoms with E-state index >= 15 is 0 Å². The second-order valence-corrected chi connectivity index (χ2v) is 7.30. The number of aliphatic hydroxyl groups is 1. The summed E-state index contributed by atoms with van der Waals surface area (Å²) in [5, 5.41) is 17.7. The molecule has 0 saturated heterocycles. The first-order valence-electron chi connectivity index (χ1n) is 10.7. The lowest BCUT2D eigenvalue weighted by molar-refractivity contribution is -0.146. The standard InChI is InChI=1S/C22H42O3/c1-2-3-4-5-6-7-8-9-10-11-12-13-14-15-16-17-18-19-20-21(23)22(24)25/h18-19,21,23H,2-17,20H2,1H3,(H,24,25). The fraction of sp³-hybridized carbons (Fsp3) is 0.864. The molecular weight excluding hydrogens is 312 g/mol. The minimum absolute atomic E-state index is 0.216. The van der Waals surface area contributed by atoms with Crippen LogP contribution in [0.25, 0.3) is 0 Å². The molecule has 3 nitrogen and oxygen atoms in total. The maximum Gasteiger partial charge on any atom is 0.332 e. The highest BCUT2D eigenvalue weighted by Crippen LogP contribution is 2.13. The summed E-state index contributed by atoms with van der Waals surface area (Å²) >= 11 is 0. The van der Waals surface area contributed by atoms with Crippen molar-refractivity contribution in [3.63, 3.8) is 0 Å². The largest absolute Gasteiger partial charge is 0.479 e. The summed E-state index contributed by atoms with van der Waals surface area (Å²) in [6.07, 6.45) is 24.3. The molecule has 0 heterocycles. The van der Waals surface area contributed by atoms with Gasteiger partial charge in [-0.1, -0.05) is 109 Å². The van der Waals surface area contributed by atoms with E-state index in [1.807, 2.05) is 6.08 Å². The van der Waals surface area contributed by atoms with E-state index < -0.39 is 12.1 Å². The van der Waals surface area contributed by atoms with Gasteiger partial charge in [-0.05, 0) is 12.8 Å². The van der Waals surface area contributed by atoms with Crippen LogP contribution in [0.1, 0.15) is 116 Å². The van der Waals surface area contributed by atoms with Gasteiger partial charge in [0.2, 0.25) is 0 Å². The van der Waals surface area contributed by atoms with Gasteiger partial charge in [-0.15, -0.1) is 0 Å². The number of unbranched alkanes of at least 4 members (excludes halogenated alkanes) is 15. The van der Waals surface area contributed by atoms with Crippen LogP contribution in [-0.2, 0) is 4.79 Å². The second kappa shape index (κ2) is 19.5. The summed E-state index contributed by atoms with van der Waals surface area (Å²) in [6, 6.07) is 0. The van der Waals surface area contributed by atoms with Gasteiger partial charge >= 0.3 is 5.97 Å². The van der Waals surface area contributed by atoms with Crippen LogP contribution in [0.15, 0.2) is 12.2 Å². The summed E-state index contributed by atoms with van der Waals surface area (Å²) in [6.45, 7) is 2.27. The SMILES string of the molecule is CCCCCCCCCCCCCCCCCC=CCC(O)C(=O)O. The number of carboxylic acids is 1. The maximum atomic E-state index is 10.4. The van der Waals surface area contributed by atoms with Gasteiger partial charge in [-0.25, -0.2) is 4.79 Å². The van der Waals surface area contributed by atoms with Crippen molar-refractivity contribution < 1.29 is 15.0 Å². The van der Waals surface area contributed by atoms with E-state index in [4.69, 9.17) is 10.2 Å². The third kappa shape index (κ3) is 19.3. The average Bonchev–Trinajstić information content (AvgIpc) is 2.60. The zero-order valence-electron chi connectivity index (χ0n) is 16.6. The zero-order valence-corrected chi connectivity index (χ0v) is 16.6. The Balaban J connectivity index is 3.12. The number of aliphatic hydroxyl groups excluding tert-OH is 1. The molecule has 148 valence electrons. The van der Waals surface area contributed by atoms with Crippen molar-refractivity contribution >= 4 is 5.97 Å². The lowest BCUT2D eigenvalue weighted by atomic mass is 10.0. The van der Waals surface area contributed by atoms with Crippen LogP contribution in [0.4, 0.5) is 0 Å². The van der Waals surface area contributed by atoms with Gasteiger partial charge in [0.1, 0.15) is 0 Å². The summed E-state index contributed by atoms with van der Waals surface area (Å²) in [7, 11) is 0. The number of allylic oxidation sites excluding steroid dienone is 1. The van der Waals surface area contributed by atoms with E-state index in [1.165, 1.54) is 89.9 Å². The highest BCUT2D eigenvalue weighted by molar-refractivity contribution is 5.72. The van der Waals surface area contributed by atoms with Gasteiger partial charge in [-0.3, -0.25) is 0 Å². The molecule has 0 aliphatic carbocycles. The van der Waals surface area contributed by atoms with Crippen LogP contribution in [0, 0.1) is 0 Å². The Labute approximate surface area is 155 Å². The highest BCUT2D eigenvalue weighted by atomic mass is 16.4. The van der Waals surface area contributed by atoms with Crippen molar-refractivity contribution in [2.75, 3.05) is 0 Å². The molecule has 0 aromatic rings. The van der Waals surface area contributed by atoms with E-state index in [0.717, 1.165) is 12.8 Å². The van der Waals surface area contributed by atoms with E-state index in [1.54, 1.807) is 6.08 Å². The molecule has 0 spiro atoms. The van der Waals surface area contributed by atoms with Crippen molar-refractivity contribution in [2.45, 2.75) is 122 Å². The predicted octanol–water partition coefficient (Wildman–Crippen LogP) is 6.64. The number of rotatable bonds is 19. The summed E-state index contributed by atoms with van der Waals surface area (Å²) < 4.78 is 0. The van der Waals surface area contributed by atoms with Crippen molar-refractivity contribution in [1.29, 1.82) is 0 Å². The average molecular weight is 355 g/mol. The first kappa shape index (κ1) is 24.2. The molecule has 0 aromatic heterocycles. The summed E-state index contributed by atoms with van der Waals surface area (Å²) in [5.41, 5.74) is 0. The Bertz CT molecular complexity index is 312. The highest BCUT2D eigenvalue weighted by Gasteiger charge is 2.09. The molecule has 25 heavy (non-hydrogen) atoms. The topological polar surface area (TPSA) is 57.5 Å². The van der Waals surface area contributed by atoms with Gasteiger partial charge in [0.15, 0.2) is 6.10 Å². The molecule has 0 aliphatic heterocycles. The first-order chi connectivity index (χ1) is 12.2. The molecule has 0 amide bonds. The Morgan fingerprint density at radius 1 is 0.720 bits per heavy atom. The van der Waals surface area contributed by atoms with Crippen LogP contribution < -0.4 is 0 Å². The molecule has 1 unspecified atom stereocenters. The maximum absolute atomic E-state index is 10.4. The minimum Gasteiger partial charge on any atom is -0.479 e. The molecule has 0 bridgehead atoms. The van der Waals surface area contributed by atoms with Crippen molar-refractivity contribution in [3.8, 4) is 0 Å².